The Balaban J connectivity index is 3.07. The summed E-state index contributed by atoms with van der Waals surface area (Å²) in [6.45, 7) is 6.39. The highest BCUT2D eigenvalue weighted by molar-refractivity contribution is 5.21. The molecule has 0 spiro atoms. The van der Waals surface area contributed by atoms with E-state index in [9.17, 15) is 0 Å². The van der Waals surface area contributed by atoms with E-state index in [0.717, 1.165) is 24.1 Å². The molecule has 0 saturated carbocycles. The van der Waals surface area contributed by atoms with Gasteiger partial charge in [0, 0.05) is 23.5 Å². The third kappa shape index (κ3) is 2.67. The summed E-state index contributed by atoms with van der Waals surface area (Å²) in [5.41, 5.74) is 8.63. The number of rotatable bonds is 5. The molecular formula is C14H25N3. The fourth-order valence-corrected chi connectivity index (χ4v) is 2.57. The van der Waals surface area contributed by atoms with Gasteiger partial charge in [-0.3, -0.25) is 4.98 Å². The van der Waals surface area contributed by atoms with Crippen LogP contribution in [0.25, 0.3) is 0 Å². The summed E-state index contributed by atoms with van der Waals surface area (Å²) in [5.74, 6) is 0. The van der Waals surface area contributed by atoms with E-state index in [4.69, 9.17) is 5.73 Å². The minimum absolute atomic E-state index is 0.000556. The van der Waals surface area contributed by atoms with Crippen LogP contribution in [0.15, 0.2) is 18.3 Å². The maximum absolute atomic E-state index is 6.46. The number of likely N-dealkylation sites (N-methyl/N-ethyl adjacent to an activating group) is 1. The van der Waals surface area contributed by atoms with Crippen molar-refractivity contribution in [2.75, 3.05) is 14.1 Å². The van der Waals surface area contributed by atoms with E-state index in [2.05, 4.69) is 43.9 Å². The number of hydrogen-bond donors (Lipinski definition) is 1. The molecule has 0 aromatic carbocycles. The maximum Gasteiger partial charge on any atom is 0.0497 e. The Morgan fingerprint density at radius 2 is 1.88 bits per heavy atom. The summed E-state index contributed by atoms with van der Waals surface area (Å²) >= 11 is 0. The number of aromatic nitrogens is 1. The van der Waals surface area contributed by atoms with Gasteiger partial charge in [0.1, 0.15) is 0 Å². The zero-order valence-electron chi connectivity index (χ0n) is 11.7. The Morgan fingerprint density at radius 1 is 1.29 bits per heavy atom. The summed E-state index contributed by atoms with van der Waals surface area (Å²) in [5, 5.41) is 0. The van der Waals surface area contributed by atoms with Crippen molar-refractivity contribution < 1.29 is 0 Å². The number of pyridine rings is 1. The molecule has 0 radical (unpaired) electrons. The zero-order valence-corrected chi connectivity index (χ0v) is 11.7. The van der Waals surface area contributed by atoms with Crippen LogP contribution in [0.3, 0.4) is 0 Å². The predicted octanol–water partition coefficient (Wildman–Crippen LogP) is 2.51. The first-order chi connectivity index (χ1) is 7.97. The quantitative estimate of drug-likeness (QED) is 0.852. The highest BCUT2D eigenvalue weighted by Gasteiger charge is 2.36. The lowest BCUT2D eigenvalue weighted by molar-refractivity contribution is 0.106. The van der Waals surface area contributed by atoms with Crippen LogP contribution < -0.4 is 5.73 Å². The standard InChI is InChI=1S/C14H25N3/c1-6-14(7-2,17(4)5)13(15)12-9-8-11(3)16-10-12/h8-10,13H,6-7,15H2,1-5H3. The lowest BCUT2D eigenvalue weighted by Gasteiger charge is -2.43. The third-order valence-electron chi connectivity index (χ3n) is 3.99. The van der Waals surface area contributed by atoms with Gasteiger partial charge in [0.2, 0.25) is 0 Å². The van der Waals surface area contributed by atoms with Crippen LogP contribution in [-0.4, -0.2) is 29.5 Å². The molecule has 1 atom stereocenters. The zero-order chi connectivity index (χ0) is 13.1. The van der Waals surface area contributed by atoms with E-state index in [1.165, 1.54) is 0 Å². The van der Waals surface area contributed by atoms with Crippen LogP contribution in [0.5, 0.6) is 0 Å². The van der Waals surface area contributed by atoms with Gasteiger partial charge in [0.15, 0.2) is 0 Å². The monoisotopic (exact) mass is 235 g/mol. The fourth-order valence-electron chi connectivity index (χ4n) is 2.57. The van der Waals surface area contributed by atoms with Gasteiger partial charge < -0.3 is 10.6 Å². The molecule has 0 aliphatic rings. The number of aryl methyl sites for hydroxylation is 1. The van der Waals surface area contributed by atoms with Crippen LogP contribution in [-0.2, 0) is 0 Å². The molecule has 0 fully saturated rings. The van der Waals surface area contributed by atoms with Crippen LogP contribution >= 0.6 is 0 Å². The molecule has 0 aliphatic carbocycles. The van der Waals surface area contributed by atoms with Crippen molar-refractivity contribution in [1.82, 2.24) is 9.88 Å². The minimum atomic E-state index is 0.000556. The molecule has 0 bridgehead atoms. The van der Waals surface area contributed by atoms with Gasteiger partial charge in [0.05, 0.1) is 0 Å². The molecule has 0 aliphatic heterocycles. The van der Waals surface area contributed by atoms with E-state index in [0.29, 0.717) is 0 Å². The highest BCUT2D eigenvalue weighted by Crippen LogP contribution is 2.33. The smallest absolute Gasteiger partial charge is 0.0497 e. The summed E-state index contributed by atoms with van der Waals surface area (Å²) in [4.78, 5) is 6.59. The third-order valence-corrected chi connectivity index (χ3v) is 3.99. The molecule has 0 amide bonds. The molecule has 17 heavy (non-hydrogen) atoms. The van der Waals surface area contributed by atoms with Crippen LogP contribution in [0.4, 0.5) is 0 Å². The molecule has 1 aromatic rings. The molecule has 1 aromatic heterocycles. The lowest BCUT2D eigenvalue weighted by Crippen LogP contribution is -2.51. The molecule has 1 rings (SSSR count). The second-order valence-electron chi connectivity index (χ2n) is 4.92. The topological polar surface area (TPSA) is 42.1 Å². The summed E-state index contributed by atoms with van der Waals surface area (Å²) in [7, 11) is 4.21. The molecule has 1 heterocycles. The van der Waals surface area contributed by atoms with Gasteiger partial charge >= 0.3 is 0 Å². The van der Waals surface area contributed by atoms with Crippen molar-refractivity contribution in [2.24, 2.45) is 5.73 Å². The van der Waals surface area contributed by atoms with Gasteiger partial charge in [-0.15, -0.1) is 0 Å². The molecule has 3 heteroatoms. The van der Waals surface area contributed by atoms with Crippen molar-refractivity contribution in [3.8, 4) is 0 Å². The van der Waals surface area contributed by atoms with Gasteiger partial charge in [-0.25, -0.2) is 0 Å². The first-order valence-corrected chi connectivity index (χ1v) is 6.33. The second-order valence-corrected chi connectivity index (χ2v) is 4.92. The van der Waals surface area contributed by atoms with Crippen LogP contribution in [0.1, 0.15) is 44.0 Å². The van der Waals surface area contributed by atoms with Crippen LogP contribution in [0.2, 0.25) is 0 Å². The maximum atomic E-state index is 6.46. The van der Waals surface area contributed by atoms with E-state index >= 15 is 0 Å². The Labute approximate surface area is 105 Å². The van der Waals surface area contributed by atoms with Gasteiger partial charge in [-0.05, 0) is 45.5 Å². The SMILES string of the molecule is CCC(CC)(C(N)c1ccc(C)nc1)N(C)C. The molecule has 0 saturated heterocycles. The highest BCUT2D eigenvalue weighted by atomic mass is 15.2. The van der Waals surface area contributed by atoms with Gasteiger partial charge in [-0.1, -0.05) is 19.9 Å². The number of hydrogen-bond acceptors (Lipinski definition) is 3. The lowest BCUT2D eigenvalue weighted by atomic mass is 9.80. The van der Waals surface area contributed by atoms with E-state index in [1.807, 2.05) is 19.2 Å². The van der Waals surface area contributed by atoms with Gasteiger partial charge in [-0.2, -0.15) is 0 Å². The molecule has 2 N–H and O–H groups in total. The molecule has 96 valence electrons. The molecule has 1 unspecified atom stereocenters. The Bertz CT molecular complexity index is 339. The number of nitrogens with zero attached hydrogens (tertiary/aromatic N) is 2. The number of nitrogens with two attached hydrogens (primary N) is 1. The first kappa shape index (κ1) is 14.1. The van der Waals surface area contributed by atoms with Gasteiger partial charge in [0.25, 0.3) is 0 Å². The van der Waals surface area contributed by atoms with E-state index in [-0.39, 0.29) is 11.6 Å². The normalized spacial score (nSPS) is 14.1. The van der Waals surface area contributed by atoms with E-state index in [1.54, 1.807) is 0 Å². The Morgan fingerprint density at radius 3 is 2.24 bits per heavy atom. The predicted molar refractivity (Wildman–Crippen MR) is 72.9 cm³/mol. The minimum Gasteiger partial charge on any atom is -0.322 e. The average Bonchev–Trinajstić information content (AvgIpc) is 2.31. The van der Waals surface area contributed by atoms with Crippen molar-refractivity contribution in [2.45, 2.75) is 45.2 Å². The fraction of sp³-hybridized carbons (Fsp3) is 0.643. The second kappa shape index (κ2) is 5.61. The van der Waals surface area contributed by atoms with Crippen molar-refractivity contribution in [1.29, 1.82) is 0 Å². The van der Waals surface area contributed by atoms with Crippen LogP contribution in [0, 0.1) is 6.92 Å². The van der Waals surface area contributed by atoms with Crippen molar-refractivity contribution in [3.63, 3.8) is 0 Å². The summed E-state index contributed by atoms with van der Waals surface area (Å²) in [6, 6.07) is 4.12. The molecular weight excluding hydrogens is 210 g/mol. The Kier molecular flexibility index (Phi) is 4.66. The summed E-state index contributed by atoms with van der Waals surface area (Å²) in [6.07, 6.45) is 3.97. The largest absolute Gasteiger partial charge is 0.322 e. The average molecular weight is 235 g/mol. The van der Waals surface area contributed by atoms with Crippen molar-refractivity contribution >= 4 is 0 Å². The van der Waals surface area contributed by atoms with E-state index < -0.39 is 0 Å². The van der Waals surface area contributed by atoms with Crippen molar-refractivity contribution in [3.05, 3.63) is 29.6 Å². The molecule has 3 nitrogen and oxygen atoms in total. The Hall–Kier alpha value is -0.930. The first-order valence-electron chi connectivity index (χ1n) is 6.33. The summed E-state index contributed by atoms with van der Waals surface area (Å²) < 4.78 is 0.